The second-order valence-corrected chi connectivity index (χ2v) is 4.89. The van der Waals surface area contributed by atoms with E-state index in [1.807, 2.05) is 18.7 Å². The highest BCUT2D eigenvalue weighted by Gasteiger charge is 2.38. The molecule has 1 rings (SSSR count). The Balaban J connectivity index is 2.82. The predicted octanol–water partition coefficient (Wildman–Crippen LogP) is 2.05. The number of carbonyl (C=O) groups is 2. The van der Waals surface area contributed by atoms with Crippen molar-refractivity contribution in [3.05, 3.63) is 35.8 Å². The molecule has 0 aromatic rings. The summed E-state index contributed by atoms with van der Waals surface area (Å²) in [5, 5.41) is 9.72. The molecule has 0 aromatic heterocycles. The van der Waals surface area contributed by atoms with E-state index in [1.165, 1.54) is 19.9 Å². The Morgan fingerprint density at radius 2 is 1.71 bits per heavy atom. The van der Waals surface area contributed by atoms with E-state index in [0.717, 1.165) is 19.2 Å². The smallest absolute Gasteiger partial charge is 0.348 e. The molecule has 1 aliphatic rings. The Kier molecular flexibility index (Phi) is 5.58. The van der Waals surface area contributed by atoms with Crippen LogP contribution in [0.4, 0.5) is 0 Å². The van der Waals surface area contributed by atoms with Crippen LogP contribution < -0.4 is 0 Å². The number of rotatable bonds is 5. The summed E-state index contributed by atoms with van der Waals surface area (Å²) in [5.74, 6) is -3.15. The molecule has 0 amide bonds. The maximum absolute atomic E-state index is 11.7. The van der Waals surface area contributed by atoms with Crippen molar-refractivity contribution in [1.29, 1.82) is 0 Å². The van der Waals surface area contributed by atoms with Gasteiger partial charge in [0.05, 0.1) is 0 Å². The summed E-state index contributed by atoms with van der Waals surface area (Å²) in [5.41, 5.74) is -0.334. The molecule has 116 valence electrons. The number of esters is 2. The molecule has 0 radical (unpaired) electrons. The minimum atomic E-state index is -1.28. The Morgan fingerprint density at radius 1 is 1.19 bits per heavy atom. The van der Waals surface area contributed by atoms with Gasteiger partial charge in [0.15, 0.2) is 0 Å². The topological polar surface area (TPSA) is 76.1 Å². The maximum atomic E-state index is 11.7. The number of aliphatic hydroxyl groups is 1. The molecule has 0 aromatic carbocycles. The number of allylic oxidation sites excluding steroid dienone is 3. The first kappa shape index (κ1) is 16.8. The van der Waals surface area contributed by atoms with Gasteiger partial charge < -0.3 is 19.5 Å². The SMILES string of the molecule is CCN(/C=C/C=C(\O)C=C1C(=O)OC(C)(C)OC1=O)CC. The number of cyclic esters (lactones) is 2. The van der Waals surface area contributed by atoms with Crippen LogP contribution in [-0.2, 0) is 19.1 Å². The highest BCUT2D eigenvalue weighted by atomic mass is 16.7. The van der Waals surface area contributed by atoms with Gasteiger partial charge in [0.2, 0.25) is 0 Å². The van der Waals surface area contributed by atoms with E-state index in [-0.39, 0.29) is 11.3 Å². The van der Waals surface area contributed by atoms with Gasteiger partial charge in [0.25, 0.3) is 5.79 Å². The van der Waals surface area contributed by atoms with Gasteiger partial charge in [-0.15, -0.1) is 0 Å². The second-order valence-electron chi connectivity index (χ2n) is 4.89. The third-order valence-corrected chi connectivity index (χ3v) is 2.79. The van der Waals surface area contributed by atoms with Gasteiger partial charge in [-0.05, 0) is 32.2 Å². The average Bonchev–Trinajstić information content (AvgIpc) is 2.38. The standard InChI is InChI=1S/C15H21NO5/c1-5-16(6-2)9-7-8-11(17)10-12-13(18)20-15(3,4)21-14(12)19/h7-10,17H,5-6H2,1-4H3/b9-7+,11-8-. The first-order chi connectivity index (χ1) is 9.79. The van der Waals surface area contributed by atoms with E-state index in [1.54, 1.807) is 12.3 Å². The van der Waals surface area contributed by atoms with Crippen LogP contribution in [0.5, 0.6) is 0 Å². The van der Waals surface area contributed by atoms with Crippen LogP contribution in [0.15, 0.2) is 35.8 Å². The molecule has 0 aliphatic carbocycles. The molecule has 6 nitrogen and oxygen atoms in total. The first-order valence-corrected chi connectivity index (χ1v) is 6.79. The Labute approximate surface area is 124 Å². The molecule has 1 fully saturated rings. The van der Waals surface area contributed by atoms with Crippen molar-refractivity contribution in [2.45, 2.75) is 33.5 Å². The van der Waals surface area contributed by atoms with E-state index in [9.17, 15) is 14.7 Å². The van der Waals surface area contributed by atoms with Crippen molar-refractivity contribution in [2.24, 2.45) is 0 Å². The zero-order chi connectivity index (χ0) is 16.0. The first-order valence-electron chi connectivity index (χ1n) is 6.79. The van der Waals surface area contributed by atoms with Crippen molar-refractivity contribution in [3.63, 3.8) is 0 Å². The van der Waals surface area contributed by atoms with Crippen LogP contribution in [0.25, 0.3) is 0 Å². The number of hydrogen-bond donors (Lipinski definition) is 1. The Bertz CT molecular complexity index is 476. The molecule has 0 unspecified atom stereocenters. The lowest BCUT2D eigenvalue weighted by Gasteiger charge is -2.29. The normalized spacial score (nSPS) is 18.5. The third kappa shape index (κ3) is 4.98. The molecule has 1 N–H and O–H groups in total. The van der Waals surface area contributed by atoms with E-state index in [4.69, 9.17) is 9.47 Å². The summed E-state index contributed by atoms with van der Waals surface area (Å²) in [6.07, 6.45) is 5.84. The van der Waals surface area contributed by atoms with Crippen molar-refractivity contribution < 1.29 is 24.2 Å². The van der Waals surface area contributed by atoms with Gasteiger partial charge in [0, 0.05) is 33.0 Å². The number of aliphatic hydroxyl groups excluding tert-OH is 1. The van der Waals surface area contributed by atoms with Crippen LogP contribution in [0.3, 0.4) is 0 Å². The van der Waals surface area contributed by atoms with E-state index in [0.29, 0.717) is 0 Å². The van der Waals surface area contributed by atoms with E-state index >= 15 is 0 Å². The van der Waals surface area contributed by atoms with Crippen molar-refractivity contribution in [3.8, 4) is 0 Å². The number of ether oxygens (including phenoxy) is 2. The summed E-state index contributed by atoms with van der Waals surface area (Å²) in [6, 6.07) is 0. The van der Waals surface area contributed by atoms with Gasteiger partial charge in [-0.3, -0.25) is 0 Å². The lowest BCUT2D eigenvalue weighted by atomic mass is 10.2. The van der Waals surface area contributed by atoms with Gasteiger partial charge >= 0.3 is 11.9 Å². The van der Waals surface area contributed by atoms with Crippen LogP contribution in [0.2, 0.25) is 0 Å². The molecule has 1 saturated heterocycles. The lowest BCUT2D eigenvalue weighted by molar-refractivity contribution is -0.222. The summed E-state index contributed by atoms with van der Waals surface area (Å²) in [6.45, 7) is 8.63. The predicted molar refractivity (Wildman–Crippen MR) is 77.1 cm³/mol. The summed E-state index contributed by atoms with van der Waals surface area (Å²) in [4.78, 5) is 25.4. The van der Waals surface area contributed by atoms with E-state index < -0.39 is 17.7 Å². The molecule has 1 aliphatic heterocycles. The van der Waals surface area contributed by atoms with Crippen molar-refractivity contribution >= 4 is 11.9 Å². The fourth-order valence-corrected chi connectivity index (χ4v) is 1.67. The second kappa shape index (κ2) is 6.97. The van der Waals surface area contributed by atoms with Crippen molar-refractivity contribution in [2.75, 3.05) is 13.1 Å². The highest BCUT2D eigenvalue weighted by molar-refractivity contribution is 6.15. The molecule has 0 atom stereocenters. The molecule has 1 heterocycles. The summed E-state index contributed by atoms with van der Waals surface area (Å²) in [7, 11) is 0. The van der Waals surface area contributed by atoms with Gasteiger partial charge in [0.1, 0.15) is 11.3 Å². The highest BCUT2D eigenvalue weighted by Crippen LogP contribution is 2.23. The molecular weight excluding hydrogens is 274 g/mol. The van der Waals surface area contributed by atoms with Crippen LogP contribution in [0.1, 0.15) is 27.7 Å². The fourth-order valence-electron chi connectivity index (χ4n) is 1.67. The number of hydrogen-bond acceptors (Lipinski definition) is 6. The van der Waals surface area contributed by atoms with Crippen LogP contribution >= 0.6 is 0 Å². The summed E-state index contributed by atoms with van der Waals surface area (Å²) < 4.78 is 9.84. The minimum absolute atomic E-state index is 0.234. The zero-order valence-corrected chi connectivity index (χ0v) is 12.8. The molecule has 0 bridgehead atoms. The van der Waals surface area contributed by atoms with Crippen molar-refractivity contribution in [1.82, 2.24) is 4.90 Å². The van der Waals surface area contributed by atoms with Gasteiger partial charge in [-0.1, -0.05) is 0 Å². The lowest BCUT2D eigenvalue weighted by Crippen LogP contribution is -2.41. The largest absolute Gasteiger partial charge is 0.508 e. The number of carbonyl (C=O) groups excluding carboxylic acids is 2. The monoisotopic (exact) mass is 295 g/mol. The van der Waals surface area contributed by atoms with Gasteiger partial charge in [-0.25, -0.2) is 9.59 Å². The number of nitrogens with zero attached hydrogens (tertiary/aromatic N) is 1. The molecule has 0 saturated carbocycles. The molecule has 6 heteroatoms. The fraction of sp³-hybridized carbons (Fsp3) is 0.467. The maximum Gasteiger partial charge on any atom is 0.348 e. The molecule has 0 spiro atoms. The van der Waals surface area contributed by atoms with Gasteiger partial charge in [-0.2, -0.15) is 0 Å². The quantitative estimate of drug-likeness (QED) is 0.275. The summed E-state index contributed by atoms with van der Waals surface area (Å²) >= 11 is 0. The molecular formula is C15H21NO5. The van der Waals surface area contributed by atoms with Crippen LogP contribution in [-0.4, -0.2) is 40.8 Å². The Hall–Kier alpha value is -2.24. The van der Waals surface area contributed by atoms with Crippen LogP contribution in [0, 0.1) is 0 Å². The Morgan fingerprint density at radius 3 is 2.19 bits per heavy atom. The average molecular weight is 295 g/mol. The zero-order valence-electron chi connectivity index (χ0n) is 12.8. The minimum Gasteiger partial charge on any atom is -0.508 e. The third-order valence-electron chi connectivity index (χ3n) is 2.79. The molecule has 21 heavy (non-hydrogen) atoms. The van der Waals surface area contributed by atoms with E-state index in [2.05, 4.69) is 0 Å².